The average Bonchev–Trinajstić information content (AvgIpc) is 2.38. The molecular weight excluding hydrogens is 329 g/mol. The largest absolute Gasteiger partial charge is 0.419 e. The Morgan fingerprint density at radius 3 is 2.33 bits per heavy atom. The fourth-order valence-corrected chi connectivity index (χ4v) is 2.21. The van der Waals surface area contributed by atoms with E-state index in [-0.39, 0.29) is 12.1 Å². The molecule has 21 heavy (non-hydrogen) atoms. The molecular formula is C14H9Cl2F4N. The van der Waals surface area contributed by atoms with Gasteiger partial charge in [0.1, 0.15) is 5.82 Å². The SMILES string of the molecule is Fc1ccc(CNc2ccc(Cl)cc2Cl)cc1C(F)(F)F. The second-order valence-corrected chi connectivity index (χ2v) is 5.13. The van der Waals surface area contributed by atoms with Crippen LogP contribution in [0.4, 0.5) is 23.2 Å². The van der Waals surface area contributed by atoms with Crippen molar-refractivity contribution >= 4 is 28.9 Å². The number of hydrogen-bond acceptors (Lipinski definition) is 1. The quantitative estimate of drug-likeness (QED) is 0.701. The van der Waals surface area contributed by atoms with E-state index in [9.17, 15) is 17.6 Å². The maximum atomic E-state index is 13.2. The summed E-state index contributed by atoms with van der Waals surface area (Å²) < 4.78 is 51.0. The highest BCUT2D eigenvalue weighted by Gasteiger charge is 2.34. The average molecular weight is 338 g/mol. The summed E-state index contributed by atoms with van der Waals surface area (Å²) in [6, 6.07) is 7.56. The van der Waals surface area contributed by atoms with Crippen molar-refractivity contribution in [1.82, 2.24) is 0 Å². The number of rotatable bonds is 3. The zero-order valence-electron chi connectivity index (χ0n) is 10.4. The molecule has 0 aliphatic rings. The molecule has 112 valence electrons. The molecule has 2 aromatic rings. The number of alkyl halides is 3. The molecule has 0 heterocycles. The molecule has 1 N–H and O–H groups in total. The summed E-state index contributed by atoms with van der Waals surface area (Å²) in [7, 11) is 0. The molecule has 0 saturated carbocycles. The van der Waals surface area contributed by atoms with E-state index in [1.165, 1.54) is 12.1 Å². The van der Waals surface area contributed by atoms with Crippen molar-refractivity contribution in [1.29, 1.82) is 0 Å². The van der Waals surface area contributed by atoms with Crippen LogP contribution in [0.1, 0.15) is 11.1 Å². The molecule has 0 aromatic heterocycles. The normalized spacial score (nSPS) is 11.5. The Bertz CT molecular complexity index is 656. The predicted octanol–water partition coefficient (Wildman–Crippen LogP) is 5.76. The lowest BCUT2D eigenvalue weighted by Gasteiger charge is -2.12. The molecule has 0 aliphatic carbocycles. The molecule has 0 fully saturated rings. The van der Waals surface area contributed by atoms with Gasteiger partial charge in [0.25, 0.3) is 0 Å². The van der Waals surface area contributed by atoms with E-state index in [0.29, 0.717) is 15.7 Å². The minimum absolute atomic E-state index is 0.0741. The monoisotopic (exact) mass is 337 g/mol. The Morgan fingerprint density at radius 2 is 1.71 bits per heavy atom. The summed E-state index contributed by atoms with van der Waals surface area (Å²) in [6.07, 6.45) is -4.72. The molecule has 7 heteroatoms. The van der Waals surface area contributed by atoms with Gasteiger partial charge in [-0.05, 0) is 35.9 Å². The van der Waals surface area contributed by atoms with Crippen molar-refractivity contribution in [3.63, 3.8) is 0 Å². The predicted molar refractivity (Wildman–Crippen MR) is 75.2 cm³/mol. The molecule has 0 unspecified atom stereocenters. The second kappa shape index (κ2) is 6.12. The van der Waals surface area contributed by atoms with Crippen molar-refractivity contribution in [3.05, 3.63) is 63.4 Å². The van der Waals surface area contributed by atoms with Crippen molar-refractivity contribution < 1.29 is 17.6 Å². The van der Waals surface area contributed by atoms with Crippen LogP contribution in [-0.2, 0) is 12.7 Å². The summed E-state index contributed by atoms with van der Waals surface area (Å²) in [4.78, 5) is 0. The van der Waals surface area contributed by atoms with E-state index in [0.717, 1.165) is 12.1 Å². The van der Waals surface area contributed by atoms with Gasteiger partial charge >= 0.3 is 6.18 Å². The first-order valence-electron chi connectivity index (χ1n) is 5.82. The van der Waals surface area contributed by atoms with Crippen LogP contribution < -0.4 is 5.32 Å². The van der Waals surface area contributed by atoms with Gasteiger partial charge in [0.15, 0.2) is 0 Å². The molecule has 0 radical (unpaired) electrons. The fourth-order valence-electron chi connectivity index (χ4n) is 1.73. The number of hydrogen-bond donors (Lipinski definition) is 1. The first-order valence-corrected chi connectivity index (χ1v) is 6.57. The van der Waals surface area contributed by atoms with Gasteiger partial charge in [-0.15, -0.1) is 0 Å². The van der Waals surface area contributed by atoms with Crippen LogP contribution in [0.2, 0.25) is 10.0 Å². The van der Waals surface area contributed by atoms with E-state index in [2.05, 4.69) is 5.32 Å². The first kappa shape index (κ1) is 15.9. The van der Waals surface area contributed by atoms with E-state index in [4.69, 9.17) is 23.2 Å². The number of nitrogens with one attached hydrogen (secondary N) is 1. The van der Waals surface area contributed by atoms with Crippen LogP contribution in [0.5, 0.6) is 0 Å². The molecule has 2 aromatic carbocycles. The molecule has 0 atom stereocenters. The minimum atomic E-state index is -4.72. The van der Waals surface area contributed by atoms with Gasteiger partial charge in [0.05, 0.1) is 16.3 Å². The van der Waals surface area contributed by atoms with Crippen LogP contribution in [0.3, 0.4) is 0 Å². The number of halogens is 6. The van der Waals surface area contributed by atoms with Gasteiger partial charge in [-0.1, -0.05) is 29.3 Å². The lowest BCUT2D eigenvalue weighted by Crippen LogP contribution is -2.10. The molecule has 0 bridgehead atoms. The zero-order chi connectivity index (χ0) is 15.6. The molecule has 0 amide bonds. The zero-order valence-corrected chi connectivity index (χ0v) is 12.0. The Morgan fingerprint density at radius 1 is 1.00 bits per heavy atom. The Hall–Kier alpha value is -1.46. The smallest absolute Gasteiger partial charge is 0.380 e. The summed E-state index contributed by atoms with van der Waals surface area (Å²) in [5.41, 5.74) is -0.474. The van der Waals surface area contributed by atoms with E-state index in [1.54, 1.807) is 12.1 Å². The van der Waals surface area contributed by atoms with Crippen LogP contribution in [0.15, 0.2) is 36.4 Å². The summed E-state index contributed by atoms with van der Waals surface area (Å²) in [5, 5.41) is 3.67. The topological polar surface area (TPSA) is 12.0 Å². The Kier molecular flexibility index (Phi) is 4.64. The summed E-state index contributed by atoms with van der Waals surface area (Å²) >= 11 is 11.7. The van der Waals surface area contributed by atoms with Gasteiger partial charge in [-0.3, -0.25) is 0 Å². The van der Waals surface area contributed by atoms with Crippen molar-refractivity contribution in [2.24, 2.45) is 0 Å². The van der Waals surface area contributed by atoms with Crippen molar-refractivity contribution in [2.45, 2.75) is 12.7 Å². The highest BCUT2D eigenvalue weighted by atomic mass is 35.5. The molecule has 1 nitrogen and oxygen atoms in total. The molecule has 2 rings (SSSR count). The third kappa shape index (κ3) is 4.02. The minimum Gasteiger partial charge on any atom is -0.380 e. The van der Waals surface area contributed by atoms with Gasteiger partial charge in [0.2, 0.25) is 0 Å². The number of benzene rings is 2. The molecule has 0 aliphatic heterocycles. The third-order valence-electron chi connectivity index (χ3n) is 2.75. The Balaban J connectivity index is 2.17. The van der Waals surface area contributed by atoms with Gasteiger partial charge in [-0.25, -0.2) is 4.39 Å². The van der Waals surface area contributed by atoms with Crippen LogP contribution in [0.25, 0.3) is 0 Å². The van der Waals surface area contributed by atoms with E-state index >= 15 is 0 Å². The Labute approximate surface area is 128 Å². The van der Waals surface area contributed by atoms with Crippen LogP contribution >= 0.6 is 23.2 Å². The second-order valence-electron chi connectivity index (χ2n) is 4.29. The maximum absolute atomic E-state index is 13.2. The standard InChI is InChI=1S/C14H9Cl2F4N/c15-9-2-4-13(11(16)6-9)21-7-8-1-3-12(17)10(5-8)14(18,19)20/h1-6,21H,7H2. The highest BCUT2D eigenvalue weighted by Crippen LogP contribution is 2.32. The van der Waals surface area contributed by atoms with Crippen molar-refractivity contribution in [3.8, 4) is 0 Å². The molecule has 0 saturated heterocycles. The van der Waals surface area contributed by atoms with Crippen molar-refractivity contribution in [2.75, 3.05) is 5.32 Å². The summed E-state index contributed by atoms with van der Waals surface area (Å²) in [5.74, 6) is -1.30. The van der Waals surface area contributed by atoms with Gasteiger partial charge in [0, 0.05) is 11.6 Å². The lowest BCUT2D eigenvalue weighted by molar-refractivity contribution is -0.140. The molecule has 0 spiro atoms. The van der Waals surface area contributed by atoms with E-state index < -0.39 is 17.6 Å². The van der Waals surface area contributed by atoms with Crippen LogP contribution in [0, 0.1) is 5.82 Å². The number of anilines is 1. The van der Waals surface area contributed by atoms with E-state index in [1.807, 2.05) is 0 Å². The first-order chi connectivity index (χ1) is 9.77. The summed E-state index contributed by atoms with van der Waals surface area (Å²) in [6.45, 7) is 0.0741. The van der Waals surface area contributed by atoms with Crippen LogP contribution in [-0.4, -0.2) is 0 Å². The fraction of sp³-hybridized carbons (Fsp3) is 0.143. The lowest BCUT2D eigenvalue weighted by atomic mass is 10.1. The third-order valence-corrected chi connectivity index (χ3v) is 3.30. The van der Waals surface area contributed by atoms with Gasteiger partial charge in [-0.2, -0.15) is 13.2 Å². The highest BCUT2D eigenvalue weighted by molar-refractivity contribution is 6.36. The van der Waals surface area contributed by atoms with Gasteiger partial charge < -0.3 is 5.32 Å². The maximum Gasteiger partial charge on any atom is 0.419 e.